The van der Waals surface area contributed by atoms with E-state index in [0.29, 0.717) is 0 Å². The predicted molar refractivity (Wildman–Crippen MR) is 48.4 cm³/mol. The lowest BCUT2D eigenvalue weighted by atomic mass is 10.8. The van der Waals surface area contributed by atoms with Gasteiger partial charge in [0.15, 0.2) is 0 Å². The van der Waals surface area contributed by atoms with Crippen molar-refractivity contribution in [1.82, 2.24) is 0 Å². The SMILES string of the molecule is COP(=S)(OC)SCC(=O)O. The van der Waals surface area contributed by atoms with Gasteiger partial charge in [-0.25, -0.2) is 0 Å². The fourth-order valence-electron chi connectivity index (χ4n) is 0.314. The number of aliphatic carboxylic acids is 1. The molecular weight excluding hydrogens is 207 g/mol. The highest BCUT2D eigenvalue weighted by Crippen LogP contribution is 2.59. The molecule has 0 saturated carbocycles. The molecule has 1 N–H and O–H groups in total. The highest BCUT2D eigenvalue weighted by atomic mass is 32.9. The Morgan fingerprint density at radius 3 is 2.36 bits per heavy atom. The van der Waals surface area contributed by atoms with Gasteiger partial charge in [0.1, 0.15) is 5.75 Å². The number of carbonyl (C=O) groups is 1. The van der Waals surface area contributed by atoms with Gasteiger partial charge in [-0.05, 0) is 11.8 Å². The topological polar surface area (TPSA) is 55.8 Å². The molecule has 0 radical (unpaired) electrons. The highest BCUT2D eigenvalue weighted by molar-refractivity contribution is 8.68. The van der Waals surface area contributed by atoms with Crippen molar-refractivity contribution in [3.05, 3.63) is 0 Å². The van der Waals surface area contributed by atoms with Crippen molar-refractivity contribution in [3.63, 3.8) is 0 Å². The normalized spacial score (nSPS) is 11.5. The number of rotatable bonds is 5. The third kappa shape index (κ3) is 4.76. The van der Waals surface area contributed by atoms with E-state index in [1.165, 1.54) is 14.2 Å². The molecule has 0 aliphatic carbocycles. The van der Waals surface area contributed by atoms with Crippen LogP contribution in [0.5, 0.6) is 0 Å². The van der Waals surface area contributed by atoms with Gasteiger partial charge in [-0.15, -0.1) is 0 Å². The van der Waals surface area contributed by atoms with Crippen molar-refractivity contribution in [2.45, 2.75) is 0 Å². The molecule has 0 saturated heterocycles. The lowest BCUT2D eigenvalue weighted by Gasteiger charge is -2.14. The molecule has 0 aliphatic heterocycles. The summed E-state index contributed by atoms with van der Waals surface area (Å²) in [6, 6.07) is 0. The third-order valence-electron chi connectivity index (χ3n) is 0.793. The molecular formula is C4H9O4PS2. The van der Waals surface area contributed by atoms with Crippen LogP contribution in [0.15, 0.2) is 0 Å². The number of carboxylic acid groups (broad SMARTS) is 1. The lowest BCUT2D eigenvalue weighted by Crippen LogP contribution is -1.98. The first-order valence-electron chi connectivity index (χ1n) is 2.62. The van der Waals surface area contributed by atoms with Crippen LogP contribution in [0, 0.1) is 0 Å². The van der Waals surface area contributed by atoms with Crippen LogP contribution >= 0.6 is 17.1 Å². The number of hydrogen-bond donors (Lipinski definition) is 1. The maximum absolute atomic E-state index is 10.1. The van der Waals surface area contributed by atoms with Gasteiger partial charge >= 0.3 is 5.97 Å². The smallest absolute Gasteiger partial charge is 0.314 e. The molecule has 0 aromatic carbocycles. The molecule has 0 rings (SSSR count). The summed E-state index contributed by atoms with van der Waals surface area (Å²) in [6.07, 6.45) is 0. The zero-order valence-corrected chi connectivity index (χ0v) is 8.67. The largest absolute Gasteiger partial charge is 0.481 e. The Morgan fingerprint density at radius 2 is 2.09 bits per heavy atom. The van der Waals surface area contributed by atoms with Crippen LogP contribution in [0.2, 0.25) is 0 Å². The fourth-order valence-corrected chi connectivity index (χ4v) is 2.86. The van der Waals surface area contributed by atoms with Gasteiger partial charge < -0.3 is 14.2 Å². The van der Waals surface area contributed by atoms with E-state index in [2.05, 4.69) is 0 Å². The van der Waals surface area contributed by atoms with Crippen LogP contribution in [0.25, 0.3) is 0 Å². The van der Waals surface area contributed by atoms with Crippen LogP contribution in [0.4, 0.5) is 0 Å². The molecule has 0 atom stereocenters. The Morgan fingerprint density at radius 1 is 1.64 bits per heavy atom. The Bertz CT molecular complexity index is 175. The predicted octanol–water partition coefficient (Wildman–Crippen LogP) is 1.32. The van der Waals surface area contributed by atoms with Gasteiger partial charge in [-0.2, -0.15) is 0 Å². The first-order valence-corrected chi connectivity index (χ1v) is 6.85. The lowest BCUT2D eigenvalue weighted by molar-refractivity contribution is -0.133. The molecule has 0 aromatic rings. The summed E-state index contributed by atoms with van der Waals surface area (Å²) in [7, 11) is 2.83. The second-order valence-electron chi connectivity index (χ2n) is 1.48. The Hall–Kier alpha value is 0.390. The van der Waals surface area contributed by atoms with Crippen molar-refractivity contribution in [1.29, 1.82) is 0 Å². The maximum Gasteiger partial charge on any atom is 0.314 e. The van der Waals surface area contributed by atoms with Gasteiger partial charge in [0.05, 0.1) is 0 Å². The van der Waals surface area contributed by atoms with Crippen molar-refractivity contribution in [3.8, 4) is 0 Å². The molecule has 0 bridgehead atoms. The number of carboxylic acids is 1. The summed E-state index contributed by atoms with van der Waals surface area (Å²) in [4.78, 5) is 10.1. The minimum absolute atomic E-state index is 0.0844. The van der Waals surface area contributed by atoms with Crippen molar-refractivity contribution < 1.29 is 18.9 Å². The van der Waals surface area contributed by atoms with E-state index in [1.54, 1.807) is 0 Å². The summed E-state index contributed by atoms with van der Waals surface area (Å²) in [6.45, 7) is 0. The molecule has 0 fully saturated rings. The molecule has 66 valence electrons. The Kier molecular flexibility index (Phi) is 5.29. The van der Waals surface area contributed by atoms with Crippen molar-refractivity contribution in [2.24, 2.45) is 0 Å². The first-order chi connectivity index (χ1) is 5.04. The average Bonchev–Trinajstić information content (AvgIpc) is 2.00. The molecule has 7 heteroatoms. The van der Waals surface area contributed by atoms with E-state index < -0.39 is 11.7 Å². The minimum Gasteiger partial charge on any atom is -0.481 e. The van der Waals surface area contributed by atoms with E-state index in [0.717, 1.165) is 11.4 Å². The van der Waals surface area contributed by atoms with Crippen molar-refractivity contribution >= 4 is 34.9 Å². The average molecular weight is 216 g/mol. The van der Waals surface area contributed by atoms with Crippen LogP contribution in [0.3, 0.4) is 0 Å². The summed E-state index contributed by atoms with van der Waals surface area (Å²) in [5.74, 6) is -1.00. The summed E-state index contributed by atoms with van der Waals surface area (Å²) >= 11 is 5.90. The van der Waals surface area contributed by atoms with Gasteiger partial charge in [-0.1, -0.05) is 11.4 Å². The number of hydrogen-bond acceptors (Lipinski definition) is 5. The Balaban J connectivity index is 3.89. The second-order valence-corrected chi connectivity index (χ2v) is 8.00. The van der Waals surface area contributed by atoms with E-state index in [-0.39, 0.29) is 5.75 Å². The standard InChI is InChI=1S/C4H9O4PS2/c1-7-9(10,8-2)11-3-4(5)6/h3H2,1-2H3,(H,5,6). The molecule has 0 heterocycles. The summed E-state index contributed by atoms with van der Waals surface area (Å²) in [5, 5.41) is 8.31. The quantitative estimate of drug-likeness (QED) is 0.699. The summed E-state index contributed by atoms with van der Waals surface area (Å²) in [5.41, 5.74) is -2.37. The van der Waals surface area contributed by atoms with Gasteiger partial charge in [0, 0.05) is 14.2 Å². The minimum atomic E-state index is -2.37. The first kappa shape index (κ1) is 11.4. The third-order valence-corrected chi connectivity index (χ3v) is 6.45. The van der Waals surface area contributed by atoms with Crippen LogP contribution in [0.1, 0.15) is 0 Å². The van der Waals surface area contributed by atoms with Crippen LogP contribution < -0.4 is 0 Å². The van der Waals surface area contributed by atoms with Gasteiger partial charge in [-0.3, -0.25) is 4.79 Å². The fraction of sp³-hybridized carbons (Fsp3) is 0.750. The zero-order chi connectivity index (χ0) is 8.91. The van der Waals surface area contributed by atoms with Gasteiger partial charge in [0.25, 0.3) is 0 Å². The molecule has 11 heavy (non-hydrogen) atoms. The molecule has 0 unspecified atom stereocenters. The van der Waals surface area contributed by atoms with Crippen molar-refractivity contribution in [2.75, 3.05) is 20.0 Å². The molecule has 0 spiro atoms. The van der Waals surface area contributed by atoms with Crippen LogP contribution in [-0.2, 0) is 25.6 Å². The Labute approximate surface area is 74.2 Å². The molecule has 0 aromatic heterocycles. The highest BCUT2D eigenvalue weighted by Gasteiger charge is 2.17. The van der Waals surface area contributed by atoms with E-state index in [1.807, 2.05) is 0 Å². The van der Waals surface area contributed by atoms with E-state index in [9.17, 15) is 4.79 Å². The van der Waals surface area contributed by atoms with E-state index in [4.69, 9.17) is 26.0 Å². The molecule has 0 amide bonds. The van der Waals surface area contributed by atoms with E-state index >= 15 is 0 Å². The monoisotopic (exact) mass is 216 g/mol. The van der Waals surface area contributed by atoms with Crippen LogP contribution in [-0.4, -0.2) is 31.0 Å². The van der Waals surface area contributed by atoms with Gasteiger partial charge in [0.2, 0.25) is 5.69 Å². The molecule has 0 aliphatic rings. The zero-order valence-electron chi connectivity index (χ0n) is 6.14. The molecule has 4 nitrogen and oxygen atoms in total. The second kappa shape index (κ2) is 5.11. The summed E-state index contributed by atoms with van der Waals surface area (Å²) < 4.78 is 9.68. The maximum atomic E-state index is 10.1.